The molecule has 1 aliphatic rings. The van der Waals surface area contributed by atoms with E-state index in [-0.39, 0.29) is 18.1 Å². The Hall–Kier alpha value is -2.91. The molecule has 0 saturated heterocycles. The second-order valence-electron chi connectivity index (χ2n) is 7.15. The van der Waals surface area contributed by atoms with Crippen LogP contribution in [0, 0.1) is 0 Å². The van der Waals surface area contributed by atoms with Gasteiger partial charge < -0.3 is 34.9 Å². The van der Waals surface area contributed by atoms with Crippen molar-refractivity contribution in [1.29, 1.82) is 0 Å². The van der Waals surface area contributed by atoms with Gasteiger partial charge in [0, 0.05) is 6.04 Å². The molecule has 11 heteroatoms. The van der Waals surface area contributed by atoms with Gasteiger partial charge in [0.15, 0.2) is 0 Å². The number of aromatic hydroxyl groups is 2. The molecular weight excluding hydrogens is 439 g/mol. The first kappa shape index (κ1) is 25.4. The van der Waals surface area contributed by atoms with Crippen molar-refractivity contribution in [3.8, 4) is 11.5 Å². The third-order valence-corrected chi connectivity index (χ3v) is 4.55. The number of carbonyl (C=O) groups is 1. The molecule has 0 spiro atoms. The summed E-state index contributed by atoms with van der Waals surface area (Å²) in [6, 6.07) is 13.2. The van der Waals surface area contributed by atoms with Gasteiger partial charge in [0.1, 0.15) is 29.9 Å². The number of nitrogens with zero attached hydrogens (tertiary/aromatic N) is 1. The maximum atomic E-state index is 12.8. The zero-order valence-corrected chi connectivity index (χ0v) is 18.4. The number of nitrogens with one attached hydrogen (secondary N) is 1. The number of rotatable bonds is 7. The lowest BCUT2D eigenvalue weighted by molar-refractivity contribution is -0.142. The van der Waals surface area contributed by atoms with Gasteiger partial charge in [-0.05, 0) is 41.8 Å². The third kappa shape index (κ3) is 8.68. The summed E-state index contributed by atoms with van der Waals surface area (Å²) < 4.78 is 14.4. The van der Waals surface area contributed by atoms with Crippen LogP contribution in [0.4, 0.5) is 0 Å². The molecule has 0 saturated carbocycles. The van der Waals surface area contributed by atoms with Gasteiger partial charge in [-0.25, -0.2) is 4.57 Å². The van der Waals surface area contributed by atoms with E-state index >= 15 is 0 Å². The molecule has 2 aromatic rings. The minimum absolute atomic E-state index is 0.103. The van der Waals surface area contributed by atoms with E-state index < -0.39 is 19.7 Å². The minimum atomic E-state index is -4.64. The van der Waals surface area contributed by atoms with E-state index in [2.05, 4.69) is 17.2 Å². The van der Waals surface area contributed by atoms with Crippen LogP contribution in [0.2, 0.25) is 0 Å². The molecule has 0 fully saturated rings. The molecule has 3 rings (SSSR count). The number of hydrogen-bond acceptors (Lipinski definition) is 7. The Balaban J connectivity index is 0.000000654. The number of carbonyl (C=O) groups excluding carboxylic acids is 1. The highest BCUT2D eigenvalue weighted by Crippen LogP contribution is 2.29. The van der Waals surface area contributed by atoms with E-state index in [1.165, 1.54) is 24.3 Å². The van der Waals surface area contributed by atoms with E-state index in [4.69, 9.17) is 24.0 Å². The summed E-state index contributed by atoms with van der Waals surface area (Å²) in [5, 5.41) is 22.3. The zero-order chi connectivity index (χ0) is 23.7. The molecule has 10 nitrogen and oxygen atoms in total. The number of phosphoric acid groups is 1. The van der Waals surface area contributed by atoms with E-state index in [0.717, 1.165) is 12.8 Å². The van der Waals surface area contributed by atoms with E-state index in [1.54, 1.807) is 24.3 Å². The Morgan fingerprint density at radius 3 is 1.97 bits per heavy atom. The monoisotopic (exact) mass is 466 g/mol. The SMILES string of the molecule is CCCC1CN=C(COC(=O)C(c2ccc(O)cc2)c2ccc(O)cc2)N1.O=P(O)(O)O. The molecule has 2 aromatic carbocycles. The van der Waals surface area contributed by atoms with Crippen LogP contribution in [0.1, 0.15) is 36.8 Å². The first-order valence-electron chi connectivity index (χ1n) is 9.89. The second-order valence-corrected chi connectivity index (χ2v) is 8.18. The summed E-state index contributed by atoms with van der Waals surface area (Å²) in [6.45, 7) is 2.94. The van der Waals surface area contributed by atoms with Crippen LogP contribution < -0.4 is 5.32 Å². The van der Waals surface area contributed by atoms with Crippen molar-refractivity contribution in [1.82, 2.24) is 5.32 Å². The Labute approximate surface area is 185 Å². The molecule has 1 heterocycles. The highest BCUT2D eigenvalue weighted by molar-refractivity contribution is 7.45. The van der Waals surface area contributed by atoms with Crippen LogP contribution >= 0.6 is 7.82 Å². The lowest BCUT2D eigenvalue weighted by Gasteiger charge is -2.18. The van der Waals surface area contributed by atoms with Gasteiger partial charge in [-0.3, -0.25) is 9.79 Å². The molecule has 174 valence electrons. The normalized spacial score (nSPS) is 15.4. The third-order valence-electron chi connectivity index (χ3n) is 4.55. The Morgan fingerprint density at radius 1 is 1.06 bits per heavy atom. The van der Waals surface area contributed by atoms with Crippen LogP contribution in [0.25, 0.3) is 0 Å². The largest absolute Gasteiger partial charge is 0.508 e. The molecule has 1 aliphatic heterocycles. The van der Waals surface area contributed by atoms with Gasteiger partial charge in [0.25, 0.3) is 0 Å². The molecule has 0 aromatic heterocycles. The van der Waals surface area contributed by atoms with Crippen molar-refractivity contribution < 1.29 is 39.0 Å². The second kappa shape index (κ2) is 11.6. The number of phenols is 2. The highest BCUT2D eigenvalue weighted by Gasteiger charge is 2.26. The number of aliphatic imine (C=N–C) groups is 1. The number of benzene rings is 2. The summed E-state index contributed by atoms with van der Waals surface area (Å²) in [4.78, 5) is 38.8. The summed E-state index contributed by atoms with van der Waals surface area (Å²) in [6.07, 6.45) is 2.11. The van der Waals surface area contributed by atoms with E-state index in [9.17, 15) is 15.0 Å². The fourth-order valence-corrected chi connectivity index (χ4v) is 3.17. The van der Waals surface area contributed by atoms with Gasteiger partial charge in [0.05, 0.1) is 6.54 Å². The van der Waals surface area contributed by atoms with E-state index in [0.29, 0.717) is 29.5 Å². The quantitative estimate of drug-likeness (QED) is 0.264. The van der Waals surface area contributed by atoms with Crippen molar-refractivity contribution in [2.45, 2.75) is 31.7 Å². The van der Waals surface area contributed by atoms with Crippen molar-refractivity contribution in [2.75, 3.05) is 13.2 Å². The number of phenolic OH excluding ortho intramolecular Hbond substituents is 2. The summed E-state index contributed by atoms with van der Waals surface area (Å²) >= 11 is 0. The van der Waals surface area contributed by atoms with Gasteiger partial charge in [-0.1, -0.05) is 37.6 Å². The molecule has 0 aliphatic carbocycles. The summed E-state index contributed by atoms with van der Waals surface area (Å²) in [7, 11) is -4.64. The molecule has 1 atom stereocenters. The van der Waals surface area contributed by atoms with Crippen LogP contribution in [-0.2, 0) is 14.1 Å². The Morgan fingerprint density at radius 2 is 1.53 bits per heavy atom. The van der Waals surface area contributed by atoms with Gasteiger partial charge >= 0.3 is 13.8 Å². The van der Waals surface area contributed by atoms with Gasteiger partial charge in [0.2, 0.25) is 0 Å². The van der Waals surface area contributed by atoms with Crippen molar-refractivity contribution in [3.63, 3.8) is 0 Å². The fraction of sp³-hybridized carbons (Fsp3) is 0.333. The lowest BCUT2D eigenvalue weighted by atomic mass is 9.91. The molecule has 0 amide bonds. The van der Waals surface area contributed by atoms with Crippen molar-refractivity contribution >= 4 is 19.6 Å². The van der Waals surface area contributed by atoms with Crippen molar-refractivity contribution in [3.05, 3.63) is 59.7 Å². The van der Waals surface area contributed by atoms with Gasteiger partial charge in [-0.2, -0.15) is 0 Å². The van der Waals surface area contributed by atoms with Crippen LogP contribution in [-0.4, -0.2) is 55.9 Å². The maximum absolute atomic E-state index is 12.8. The minimum Gasteiger partial charge on any atom is -0.508 e. The standard InChI is InChI=1S/C21H24N2O4.H3O4P/c1-2-3-16-12-22-19(23-16)13-27-21(26)20(14-4-8-17(24)9-5-14)15-6-10-18(25)11-7-15;1-5(2,3)4/h4-11,16,20,24-25H,2-3,12-13H2,1H3,(H,22,23);(H3,1,2,3,4). The lowest BCUT2D eigenvalue weighted by Crippen LogP contribution is -2.33. The smallest absolute Gasteiger partial charge is 0.466 e. The molecule has 32 heavy (non-hydrogen) atoms. The number of amidine groups is 1. The average molecular weight is 466 g/mol. The van der Waals surface area contributed by atoms with Crippen LogP contribution in [0.3, 0.4) is 0 Å². The average Bonchev–Trinajstić information content (AvgIpc) is 3.16. The number of esters is 1. The molecule has 1 unspecified atom stereocenters. The maximum Gasteiger partial charge on any atom is 0.466 e. The Bertz CT molecular complexity index is 903. The topological polar surface area (TPSA) is 169 Å². The Kier molecular flexibility index (Phi) is 9.22. The predicted octanol–water partition coefficient (Wildman–Crippen LogP) is 2.01. The summed E-state index contributed by atoms with van der Waals surface area (Å²) in [5.74, 6) is -0.113. The molecule has 6 N–H and O–H groups in total. The molecular formula is C21H27N2O8P. The van der Waals surface area contributed by atoms with Crippen LogP contribution in [0.15, 0.2) is 53.5 Å². The first-order chi connectivity index (χ1) is 15.1. The summed E-state index contributed by atoms with van der Waals surface area (Å²) in [5.41, 5.74) is 1.40. The van der Waals surface area contributed by atoms with Crippen molar-refractivity contribution in [2.24, 2.45) is 4.99 Å². The number of hydrogen-bond donors (Lipinski definition) is 6. The predicted molar refractivity (Wildman–Crippen MR) is 117 cm³/mol. The van der Waals surface area contributed by atoms with Gasteiger partial charge in [-0.15, -0.1) is 0 Å². The zero-order valence-electron chi connectivity index (χ0n) is 17.5. The first-order valence-corrected chi connectivity index (χ1v) is 11.5. The van der Waals surface area contributed by atoms with Crippen LogP contribution in [0.5, 0.6) is 11.5 Å². The number of ether oxygens (including phenoxy) is 1. The molecule has 0 bridgehead atoms. The fourth-order valence-electron chi connectivity index (χ4n) is 3.17. The van der Waals surface area contributed by atoms with E-state index in [1.807, 2.05) is 0 Å². The highest BCUT2D eigenvalue weighted by atomic mass is 31.2. The molecule has 0 radical (unpaired) electrons.